The summed E-state index contributed by atoms with van der Waals surface area (Å²) in [7, 11) is 0. The lowest BCUT2D eigenvalue weighted by atomic mass is 9.90. The summed E-state index contributed by atoms with van der Waals surface area (Å²) in [6, 6.07) is 0. The molecule has 0 amide bonds. The Labute approximate surface area is 178 Å². The van der Waals surface area contributed by atoms with Crippen LogP contribution >= 0.6 is 0 Å². The lowest BCUT2D eigenvalue weighted by Crippen LogP contribution is -2.05. The molecule has 0 aliphatic rings. The normalized spacial score (nSPS) is 14.4. The second-order valence-electron chi connectivity index (χ2n) is 8.63. The molecule has 0 heteroatoms. The summed E-state index contributed by atoms with van der Waals surface area (Å²) in [5.74, 6) is 22.2. The summed E-state index contributed by atoms with van der Waals surface area (Å²) in [4.78, 5) is 0. The molecule has 0 spiro atoms. The molecule has 0 nitrogen and oxygen atoms in total. The fourth-order valence-electron chi connectivity index (χ4n) is 3.37. The van der Waals surface area contributed by atoms with Crippen LogP contribution in [-0.2, 0) is 0 Å². The van der Waals surface area contributed by atoms with Crippen LogP contribution in [-0.4, -0.2) is 0 Å². The Hall–Kier alpha value is -1.32. The van der Waals surface area contributed by atoms with E-state index in [1.165, 1.54) is 57.8 Å². The van der Waals surface area contributed by atoms with E-state index in [2.05, 4.69) is 70.1 Å². The van der Waals surface area contributed by atoms with Crippen LogP contribution in [0.2, 0.25) is 0 Å². The highest BCUT2D eigenvalue weighted by Gasteiger charge is 2.10. The predicted octanol–water partition coefficient (Wildman–Crippen LogP) is 8.26. The van der Waals surface area contributed by atoms with Gasteiger partial charge in [-0.25, -0.2) is 0 Å². The van der Waals surface area contributed by atoms with Crippen LogP contribution < -0.4 is 0 Å². The highest BCUT2D eigenvalue weighted by molar-refractivity contribution is 5.12. The van der Waals surface area contributed by atoms with Crippen molar-refractivity contribution in [3.05, 3.63) is 0 Å². The Kier molecular flexibility index (Phi) is 18.1. The molecule has 0 radical (unpaired) electrons. The van der Waals surface area contributed by atoms with Gasteiger partial charge in [0.2, 0.25) is 0 Å². The van der Waals surface area contributed by atoms with Gasteiger partial charge in [-0.1, -0.05) is 91.4 Å². The largest absolute Gasteiger partial charge is 0.107 e. The van der Waals surface area contributed by atoms with E-state index in [-0.39, 0.29) is 0 Å². The molecule has 0 aliphatic carbocycles. The van der Waals surface area contributed by atoms with Crippen LogP contribution in [0.4, 0.5) is 0 Å². The van der Waals surface area contributed by atoms with E-state index in [0.29, 0.717) is 17.8 Å². The molecule has 0 aromatic carbocycles. The number of rotatable bonds is 13. The van der Waals surface area contributed by atoms with Gasteiger partial charge in [0.05, 0.1) is 0 Å². The van der Waals surface area contributed by atoms with Crippen LogP contribution in [0.3, 0.4) is 0 Å². The van der Waals surface area contributed by atoms with E-state index in [4.69, 9.17) is 0 Å². The molecule has 0 N–H and O–H groups in total. The van der Waals surface area contributed by atoms with Crippen LogP contribution in [0.1, 0.15) is 119 Å². The summed E-state index contributed by atoms with van der Waals surface area (Å²) in [5.41, 5.74) is 0. The highest BCUT2D eigenvalue weighted by Crippen LogP contribution is 2.19. The summed E-state index contributed by atoms with van der Waals surface area (Å²) in [6.07, 6.45) is 14.9. The van der Waals surface area contributed by atoms with Crippen molar-refractivity contribution in [2.24, 2.45) is 23.7 Å². The Morgan fingerprint density at radius 1 is 0.643 bits per heavy atom. The molecular weight excluding hydrogens is 336 g/mol. The van der Waals surface area contributed by atoms with Gasteiger partial charge in [0, 0.05) is 30.6 Å². The lowest BCUT2D eigenvalue weighted by Gasteiger charge is -2.13. The lowest BCUT2D eigenvalue weighted by molar-refractivity contribution is 0.471. The molecular formula is C28H46. The minimum atomic E-state index is 0.371. The maximum Gasteiger partial charge on any atom is 0.0284 e. The molecule has 4 unspecified atom stereocenters. The molecule has 28 heavy (non-hydrogen) atoms. The number of hydrogen-bond acceptors (Lipinski definition) is 0. The summed E-state index contributed by atoms with van der Waals surface area (Å²) in [6.45, 7) is 13.3. The average Bonchev–Trinajstić information content (AvgIpc) is 2.67. The van der Waals surface area contributed by atoms with Crippen LogP contribution in [0.15, 0.2) is 0 Å². The van der Waals surface area contributed by atoms with E-state index in [9.17, 15) is 0 Å². The van der Waals surface area contributed by atoms with Crippen molar-refractivity contribution in [3.8, 4) is 35.5 Å². The molecule has 0 aliphatic heterocycles. The Morgan fingerprint density at radius 2 is 1.32 bits per heavy atom. The van der Waals surface area contributed by atoms with Gasteiger partial charge in [0.15, 0.2) is 0 Å². The van der Waals surface area contributed by atoms with Crippen molar-refractivity contribution in [2.75, 3.05) is 0 Å². The third-order valence-electron chi connectivity index (χ3n) is 5.26. The molecule has 158 valence electrons. The molecule has 0 aromatic rings. The third-order valence-corrected chi connectivity index (χ3v) is 5.26. The van der Waals surface area contributed by atoms with Gasteiger partial charge in [0.1, 0.15) is 0 Å². The SMILES string of the molecule is CC#CCC(C)C#CC(CCCCCC)CC(C)C#CCC(C)CCCCC. The topological polar surface area (TPSA) is 0 Å². The molecule has 0 aromatic heterocycles. The van der Waals surface area contributed by atoms with Crippen LogP contribution in [0, 0.1) is 59.2 Å². The Bertz CT molecular complexity index is 536. The zero-order valence-corrected chi connectivity index (χ0v) is 19.8. The first-order valence-corrected chi connectivity index (χ1v) is 11.9. The standard InChI is InChI=1S/C28H46/c1-7-10-13-15-21-28(23-22-26(5)17-12-9-3)24-27(6)20-16-19-25(4)18-14-11-8-2/h25-28H,7-8,10-11,13-15,17-19,21,24H2,1-6H3. The Morgan fingerprint density at radius 3 is 2.00 bits per heavy atom. The van der Waals surface area contributed by atoms with Crippen molar-refractivity contribution in [2.45, 2.75) is 119 Å². The van der Waals surface area contributed by atoms with Gasteiger partial charge < -0.3 is 0 Å². The molecule has 0 saturated carbocycles. The van der Waals surface area contributed by atoms with Gasteiger partial charge >= 0.3 is 0 Å². The number of unbranched alkanes of at least 4 members (excludes halogenated alkanes) is 5. The van der Waals surface area contributed by atoms with Gasteiger partial charge in [-0.05, 0) is 32.1 Å². The Balaban J connectivity index is 4.59. The van der Waals surface area contributed by atoms with Gasteiger partial charge in [0.25, 0.3) is 0 Å². The molecule has 0 saturated heterocycles. The van der Waals surface area contributed by atoms with Crippen molar-refractivity contribution >= 4 is 0 Å². The van der Waals surface area contributed by atoms with E-state index < -0.39 is 0 Å². The smallest absolute Gasteiger partial charge is 0.0284 e. The minimum Gasteiger partial charge on any atom is -0.107 e. The van der Waals surface area contributed by atoms with Gasteiger partial charge in [-0.2, -0.15) is 0 Å². The third kappa shape index (κ3) is 16.8. The zero-order chi connectivity index (χ0) is 21.0. The molecule has 4 atom stereocenters. The molecule has 0 heterocycles. The maximum absolute atomic E-state index is 3.58. The zero-order valence-electron chi connectivity index (χ0n) is 19.8. The molecule has 0 fully saturated rings. The van der Waals surface area contributed by atoms with E-state index >= 15 is 0 Å². The first-order valence-electron chi connectivity index (χ1n) is 11.9. The number of hydrogen-bond donors (Lipinski definition) is 0. The van der Waals surface area contributed by atoms with Crippen molar-refractivity contribution in [1.29, 1.82) is 0 Å². The van der Waals surface area contributed by atoms with E-state index in [0.717, 1.165) is 25.2 Å². The van der Waals surface area contributed by atoms with E-state index in [1.807, 2.05) is 6.92 Å². The molecule has 0 bridgehead atoms. The summed E-state index contributed by atoms with van der Waals surface area (Å²) >= 11 is 0. The summed E-state index contributed by atoms with van der Waals surface area (Å²) < 4.78 is 0. The van der Waals surface area contributed by atoms with Crippen LogP contribution in [0.25, 0.3) is 0 Å². The van der Waals surface area contributed by atoms with Gasteiger partial charge in [-0.3, -0.25) is 0 Å². The highest BCUT2D eigenvalue weighted by atomic mass is 14.1. The van der Waals surface area contributed by atoms with Crippen molar-refractivity contribution in [1.82, 2.24) is 0 Å². The first-order chi connectivity index (χ1) is 13.5. The minimum absolute atomic E-state index is 0.371. The second kappa shape index (κ2) is 19.0. The van der Waals surface area contributed by atoms with Gasteiger partial charge in [-0.15, -0.1) is 23.7 Å². The maximum atomic E-state index is 3.58. The first kappa shape index (κ1) is 26.7. The van der Waals surface area contributed by atoms with Crippen molar-refractivity contribution < 1.29 is 0 Å². The quantitative estimate of drug-likeness (QED) is 0.222. The molecule has 0 rings (SSSR count). The van der Waals surface area contributed by atoms with Crippen molar-refractivity contribution in [3.63, 3.8) is 0 Å². The monoisotopic (exact) mass is 382 g/mol. The predicted molar refractivity (Wildman–Crippen MR) is 127 cm³/mol. The fraction of sp³-hybridized carbons (Fsp3) is 0.786. The average molecular weight is 383 g/mol. The summed E-state index contributed by atoms with van der Waals surface area (Å²) in [5, 5.41) is 0. The van der Waals surface area contributed by atoms with E-state index in [1.54, 1.807) is 0 Å². The van der Waals surface area contributed by atoms with Crippen LogP contribution in [0.5, 0.6) is 0 Å². The fourth-order valence-corrected chi connectivity index (χ4v) is 3.37. The second-order valence-corrected chi connectivity index (χ2v) is 8.63.